The molecule has 1 rings (SSSR count). The van der Waals surface area contributed by atoms with Crippen molar-refractivity contribution in [3.8, 4) is 0 Å². The van der Waals surface area contributed by atoms with Crippen molar-refractivity contribution >= 4 is 5.84 Å². The van der Waals surface area contributed by atoms with Crippen LogP contribution >= 0.6 is 0 Å². The van der Waals surface area contributed by atoms with Gasteiger partial charge < -0.3 is 16.3 Å². The zero-order chi connectivity index (χ0) is 11.7. The van der Waals surface area contributed by atoms with Crippen LogP contribution in [0.15, 0.2) is 5.16 Å². The lowest BCUT2D eigenvalue weighted by atomic mass is 10.1. The average molecular weight is 225 g/mol. The van der Waals surface area contributed by atoms with Crippen molar-refractivity contribution in [2.45, 2.75) is 31.5 Å². The van der Waals surface area contributed by atoms with Gasteiger partial charge in [-0.2, -0.15) is 13.2 Å². The molecule has 1 unspecified atom stereocenters. The Morgan fingerprint density at radius 2 is 2.13 bits per heavy atom. The molecule has 7 heteroatoms. The molecular formula is C8H14F3N3O. The highest BCUT2D eigenvalue weighted by Crippen LogP contribution is 2.35. The molecule has 0 radical (unpaired) electrons. The molecule has 0 saturated heterocycles. The topological polar surface area (TPSA) is 70.6 Å². The molecule has 1 saturated carbocycles. The van der Waals surface area contributed by atoms with Crippen LogP contribution in [0.3, 0.4) is 0 Å². The standard InChI is InChI=1S/C8H14F3N3O/c1-7(2-3-7)13-4-5(6(12)14-15)8(9,10)11/h5,13,15H,2-4H2,1H3,(H2,12,14). The van der Waals surface area contributed by atoms with Crippen LogP contribution in [-0.2, 0) is 0 Å². The van der Waals surface area contributed by atoms with Gasteiger partial charge in [-0.1, -0.05) is 5.16 Å². The molecule has 0 aromatic heterocycles. The normalized spacial score (nSPS) is 22.5. The van der Waals surface area contributed by atoms with Gasteiger partial charge >= 0.3 is 6.18 Å². The Labute approximate surface area is 85.3 Å². The van der Waals surface area contributed by atoms with Crippen LogP contribution in [0, 0.1) is 5.92 Å². The molecule has 0 amide bonds. The summed E-state index contributed by atoms with van der Waals surface area (Å²) in [7, 11) is 0. The van der Waals surface area contributed by atoms with Crippen LogP contribution in [-0.4, -0.2) is 29.3 Å². The van der Waals surface area contributed by atoms with Crippen LogP contribution in [0.5, 0.6) is 0 Å². The van der Waals surface area contributed by atoms with Crippen molar-refractivity contribution in [3.63, 3.8) is 0 Å². The first-order valence-corrected chi connectivity index (χ1v) is 4.58. The first-order valence-electron chi connectivity index (χ1n) is 4.58. The molecule has 4 nitrogen and oxygen atoms in total. The minimum absolute atomic E-state index is 0.209. The molecule has 0 aromatic carbocycles. The number of hydrogen-bond donors (Lipinski definition) is 3. The van der Waals surface area contributed by atoms with E-state index in [0.29, 0.717) is 0 Å². The minimum Gasteiger partial charge on any atom is -0.409 e. The third-order valence-electron chi connectivity index (χ3n) is 2.60. The van der Waals surface area contributed by atoms with Crippen LogP contribution in [0.4, 0.5) is 13.2 Å². The fraction of sp³-hybridized carbons (Fsp3) is 0.875. The lowest BCUT2D eigenvalue weighted by molar-refractivity contribution is -0.155. The number of rotatable bonds is 4. The number of alkyl halides is 3. The second kappa shape index (κ2) is 3.88. The second-order valence-electron chi connectivity index (χ2n) is 4.06. The quantitative estimate of drug-likeness (QED) is 0.290. The number of amidine groups is 1. The van der Waals surface area contributed by atoms with Gasteiger partial charge in [-0.15, -0.1) is 0 Å². The molecule has 0 aromatic rings. The van der Waals surface area contributed by atoms with Gasteiger partial charge in [0.2, 0.25) is 0 Å². The zero-order valence-corrected chi connectivity index (χ0v) is 8.30. The van der Waals surface area contributed by atoms with Crippen molar-refractivity contribution in [3.05, 3.63) is 0 Å². The van der Waals surface area contributed by atoms with Crippen molar-refractivity contribution in [2.75, 3.05) is 6.54 Å². The van der Waals surface area contributed by atoms with Crippen molar-refractivity contribution in [2.24, 2.45) is 16.8 Å². The molecule has 4 N–H and O–H groups in total. The van der Waals surface area contributed by atoms with Crippen molar-refractivity contribution < 1.29 is 18.4 Å². The number of nitrogens with zero attached hydrogens (tertiary/aromatic N) is 1. The lowest BCUT2D eigenvalue weighted by Gasteiger charge is -2.21. The third kappa shape index (κ3) is 3.26. The monoisotopic (exact) mass is 225 g/mol. The van der Waals surface area contributed by atoms with Crippen LogP contribution in [0.1, 0.15) is 19.8 Å². The van der Waals surface area contributed by atoms with E-state index in [0.717, 1.165) is 12.8 Å². The maximum Gasteiger partial charge on any atom is 0.400 e. The molecule has 0 heterocycles. The summed E-state index contributed by atoms with van der Waals surface area (Å²) in [5, 5.41) is 13.4. The summed E-state index contributed by atoms with van der Waals surface area (Å²) >= 11 is 0. The smallest absolute Gasteiger partial charge is 0.400 e. The zero-order valence-electron chi connectivity index (χ0n) is 8.30. The van der Waals surface area contributed by atoms with Gasteiger partial charge in [0.05, 0.1) is 0 Å². The Hall–Kier alpha value is -0.980. The van der Waals surface area contributed by atoms with E-state index in [1.54, 1.807) is 0 Å². The fourth-order valence-electron chi connectivity index (χ4n) is 1.17. The number of nitrogens with two attached hydrogens (primary N) is 1. The number of nitrogens with one attached hydrogen (secondary N) is 1. The van der Waals surface area contributed by atoms with E-state index in [1.165, 1.54) is 0 Å². The Kier molecular flexibility index (Phi) is 3.13. The van der Waals surface area contributed by atoms with Crippen LogP contribution in [0.25, 0.3) is 0 Å². The van der Waals surface area contributed by atoms with E-state index in [4.69, 9.17) is 10.9 Å². The second-order valence-corrected chi connectivity index (χ2v) is 4.06. The molecule has 1 aliphatic carbocycles. The molecule has 1 atom stereocenters. The van der Waals surface area contributed by atoms with E-state index in [-0.39, 0.29) is 12.1 Å². The Bertz CT molecular complexity index is 260. The molecular weight excluding hydrogens is 211 g/mol. The fourth-order valence-corrected chi connectivity index (χ4v) is 1.17. The lowest BCUT2D eigenvalue weighted by Crippen LogP contribution is -2.45. The molecule has 1 aliphatic rings. The van der Waals surface area contributed by atoms with Gasteiger partial charge in [-0.25, -0.2) is 0 Å². The van der Waals surface area contributed by atoms with E-state index in [2.05, 4.69) is 10.5 Å². The van der Waals surface area contributed by atoms with Crippen molar-refractivity contribution in [1.29, 1.82) is 0 Å². The molecule has 15 heavy (non-hydrogen) atoms. The largest absolute Gasteiger partial charge is 0.409 e. The number of hydrogen-bond acceptors (Lipinski definition) is 3. The summed E-state index contributed by atoms with van der Waals surface area (Å²) in [6.07, 6.45) is -2.78. The van der Waals surface area contributed by atoms with Crippen LogP contribution < -0.4 is 11.1 Å². The van der Waals surface area contributed by atoms with Gasteiger partial charge in [0.1, 0.15) is 5.92 Å². The predicted molar refractivity (Wildman–Crippen MR) is 48.6 cm³/mol. The van der Waals surface area contributed by atoms with Gasteiger partial charge in [0, 0.05) is 12.1 Å². The molecule has 0 aliphatic heterocycles. The Morgan fingerprint density at radius 3 is 2.47 bits per heavy atom. The molecule has 0 bridgehead atoms. The van der Waals surface area contributed by atoms with E-state index in [1.807, 2.05) is 6.92 Å². The van der Waals surface area contributed by atoms with Crippen molar-refractivity contribution in [1.82, 2.24) is 5.32 Å². The highest BCUT2D eigenvalue weighted by atomic mass is 19.4. The summed E-state index contributed by atoms with van der Waals surface area (Å²) in [6, 6.07) is 0. The summed E-state index contributed by atoms with van der Waals surface area (Å²) in [4.78, 5) is 0. The Balaban J connectivity index is 2.57. The number of halogens is 3. The van der Waals surface area contributed by atoms with E-state index < -0.39 is 17.9 Å². The van der Waals surface area contributed by atoms with Gasteiger partial charge in [0.15, 0.2) is 5.84 Å². The highest BCUT2D eigenvalue weighted by molar-refractivity contribution is 5.83. The summed E-state index contributed by atoms with van der Waals surface area (Å²) < 4.78 is 37.3. The van der Waals surface area contributed by atoms with Gasteiger partial charge in [-0.05, 0) is 19.8 Å². The first kappa shape index (κ1) is 12.1. The summed E-state index contributed by atoms with van der Waals surface area (Å²) in [6.45, 7) is 1.49. The third-order valence-corrected chi connectivity index (χ3v) is 2.60. The molecule has 1 fully saturated rings. The number of oxime groups is 1. The maximum atomic E-state index is 12.4. The summed E-state index contributed by atoms with van der Waals surface area (Å²) in [5.74, 6) is -2.74. The van der Waals surface area contributed by atoms with Gasteiger partial charge in [-0.3, -0.25) is 0 Å². The van der Waals surface area contributed by atoms with E-state index >= 15 is 0 Å². The first-order chi connectivity index (χ1) is 6.78. The molecule has 88 valence electrons. The average Bonchev–Trinajstić information content (AvgIpc) is 2.81. The van der Waals surface area contributed by atoms with Crippen LogP contribution in [0.2, 0.25) is 0 Å². The van der Waals surface area contributed by atoms with E-state index in [9.17, 15) is 13.2 Å². The minimum atomic E-state index is -4.49. The maximum absolute atomic E-state index is 12.4. The van der Waals surface area contributed by atoms with Gasteiger partial charge in [0.25, 0.3) is 0 Å². The predicted octanol–water partition coefficient (Wildman–Crippen LogP) is 1.05. The SMILES string of the molecule is CC1(NCC(C(N)=NO)C(F)(F)F)CC1. The summed E-state index contributed by atoms with van der Waals surface area (Å²) in [5.41, 5.74) is 4.78. The molecule has 0 spiro atoms. The highest BCUT2D eigenvalue weighted by Gasteiger charge is 2.45. The Morgan fingerprint density at radius 1 is 1.60 bits per heavy atom.